The molecule has 0 aliphatic carbocycles. The second-order valence-electron chi connectivity index (χ2n) is 4.70. The molecule has 0 unspecified atom stereocenters. The van der Waals surface area contributed by atoms with Gasteiger partial charge in [-0.05, 0) is 59.3 Å². The molecule has 6 nitrogen and oxygen atoms in total. The first kappa shape index (κ1) is 17.3. The van der Waals surface area contributed by atoms with Crippen molar-refractivity contribution in [2.24, 2.45) is 0 Å². The number of nitro benzene ring substituents is 1. The lowest BCUT2D eigenvalue weighted by Crippen LogP contribution is -2.03. The number of rotatable bonds is 7. The van der Waals surface area contributed by atoms with E-state index in [1.165, 1.54) is 12.1 Å². The van der Waals surface area contributed by atoms with Crippen LogP contribution in [0.15, 0.2) is 36.4 Å². The molecular formula is C16H17IN2O4. The van der Waals surface area contributed by atoms with Gasteiger partial charge >= 0.3 is 0 Å². The number of non-ortho nitro benzene ring substituents is 1. The van der Waals surface area contributed by atoms with Gasteiger partial charge in [0.2, 0.25) is 0 Å². The first-order chi connectivity index (χ1) is 11.0. The Kier molecular flexibility index (Phi) is 6.03. The third kappa shape index (κ3) is 4.47. The van der Waals surface area contributed by atoms with Crippen LogP contribution in [0.4, 0.5) is 11.4 Å². The van der Waals surface area contributed by atoms with Crippen molar-refractivity contribution < 1.29 is 14.4 Å². The van der Waals surface area contributed by atoms with Crippen molar-refractivity contribution >= 4 is 34.0 Å². The molecule has 0 radical (unpaired) electrons. The van der Waals surface area contributed by atoms with Crippen molar-refractivity contribution in [3.05, 3.63) is 55.6 Å². The van der Waals surface area contributed by atoms with E-state index in [-0.39, 0.29) is 5.69 Å². The van der Waals surface area contributed by atoms with Crippen LogP contribution in [-0.2, 0) is 6.54 Å². The fraction of sp³-hybridized carbons (Fsp3) is 0.250. The fourth-order valence-corrected chi connectivity index (χ4v) is 2.98. The van der Waals surface area contributed by atoms with Crippen LogP contribution in [0.5, 0.6) is 11.5 Å². The molecule has 23 heavy (non-hydrogen) atoms. The first-order valence-electron chi connectivity index (χ1n) is 7.02. The highest BCUT2D eigenvalue weighted by Gasteiger charge is 2.11. The van der Waals surface area contributed by atoms with Crippen LogP contribution >= 0.6 is 22.6 Å². The molecule has 0 aliphatic rings. The van der Waals surface area contributed by atoms with Gasteiger partial charge in [-0.1, -0.05) is 0 Å². The highest BCUT2D eigenvalue weighted by Crippen LogP contribution is 2.34. The minimum atomic E-state index is -0.413. The topological polar surface area (TPSA) is 73.6 Å². The van der Waals surface area contributed by atoms with E-state index in [1.807, 2.05) is 19.1 Å². The number of ether oxygens (including phenoxy) is 2. The van der Waals surface area contributed by atoms with E-state index in [4.69, 9.17) is 9.47 Å². The van der Waals surface area contributed by atoms with Crippen LogP contribution in [-0.4, -0.2) is 18.6 Å². The molecule has 0 aliphatic heterocycles. The van der Waals surface area contributed by atoms with Crippen LogP contribution in [0.1, 0.15) is 12.5 Å². The minimum Gasteiger partial charge on any atom is -0.492 e. The summed E-state index contributed by atoms with van der Waals surface area (Å²) >= 11 is 2.21. The minimum absolute atomic E-state index is 0.0770. The lowest BCUT2D eigenvalue weighted by molar-refractivity contribution is -0.384. The number of methoxy groups -OCH3 is 1. The van der Waals surface area contributed by atoms with Gasteiger partial charge in [0.15, 0.2) is 11.5 Å². The number of nitrogens with zero attached hydrogens (tertiary/aromatic N) is 1. The normalized spacial score (nSPS) is 10.2. The van der Waals surface area contributed by atoms with E-state index >= 15 is 0 Å². The maximum absolute atomic E-state index is 10.6. The van der Waals surface area contributed by atoms with Crippen LogP contribution in [0.2, 0.25) is 0 Å². The molecule has 0 saturated heterocycles. The molecule has 0 saturated carbocycles. The standard InChI is InChI=1S/C16H17IN2O4/c1-3-23-15-9-11(8-14(17)16(15)22-2)10-18-12-4-6-13(7-5-12)19(20)21/h4-9,18H,3,10H2,1-2H3. The summed E-state index contributed by atoms with van der Waals surface area (Å²) < 4.78 is 11.9. The zero-order chi connectivity index (χ0) is 16.8. The van der Waals surface area contributed by atoms with Crippen molar-refractivity contribution in [1.82, 2.24) is 0 Å². The highest BCUT2D eigenvalue weighted by atomic mass is 127. The number of nitrogens with one attached hydrogen (secondary N) is 1. The van der Waals surface area contributed by atoms with Gasteiger partial charge in [-0.2, -0.15) is 0 Å². The largest absolute Gasteiger partial charge is 0.492 e. The van der Waals surface area contributed by atoms with E-state index < -0.39 is 4.92 Å². The lowest BCUT2D eigenvalue weighted by Gasteiger charge is -2.14. The third-order valence-corrected chi connectivity index (χ3v) is 3.95. The molecule has 0 spiro atoms. The van der Waals surface area contributed by atoms with Gasteiger partial charge < -0.3 is 14.8 Å². The quantitative estimate of drug-likeness (QED) is 0.406. The second-order valence-corrected chi connectivity index (χ2v) is 5.86. The maximum atomic E-state index is 10.6. The third-order valence-electron chi connectivity index (χ3n) is 3.15. The average Bonchev–Trinajstić information content (AvgIpc) is 2.53. The van der Waals surface area contributed by atoms with Gasteiger partial charge in [0.25, 0.3) is 5.69 Å². The van der Waals surface area contributed by atoms with Crippen LogP contribution < -0.4 is 14.8 Å². The smallest absolute Gasteiger partial charge is 0.269 e. The molecule has 2 aromatic rings. The summed E-state index contributed by atoms with van der Waals surface area (Å²) in [5, 5.41) is 13.9. The lowest BCUT2D eigenvalue weighted by atomic mass is 10.2. The Morgan fingerprint density at radius 2 is 1.96 bits per heavy atom. The number of benzene rings is 2. The number of nitro groups is 1. The Morgan fingerprint density at radius 3 is 2.52 bits per heavy atom. The Bertz CT molecular complexity index is 689. The van der Waals surface area contributed by atoms with Crippen molar-refractivity contribution in [2.45, 2.75) is 13.5 Å². The summed E-state index contributed by atoms with van der Waals surface area (Å²) in [5.74, 6) is 1.44. The summed E-state index contributed by atoms with van der Waals surface area (Å²) in [6, 6.07) is 10.3. The Labute approximate surface area is 148 Å². The number of hydrogen-bond acceptors (Lipinski definition) is 5. The first-order valence-corrected chi connectivity index (χ1v) is 8.10. The van der Waals surface area contributed by atoms with E-state index in [2.05, 4.69) is 27.9 Å². The van der Waals surface area contributed by atoms with Gasteiger partial charge in [-0.3, -0.25) is 10.1 Å². The highest BCUT2D eigenvalue weighted by molar-refractivity contribution is 14.1. The molecule has 2 rings (SSSR count). The molecule has 0 heterocycles. The molecular weight excluding hydrogens is 411 g/mol. The SMILES string of the molecule is CCOc1cc(CNc2ccc([N+](=O)[O-])cc2)cc(I)c1OC. The zero-order valence-electron chi connectivity index (χ0n) is 12.8. The molecule has 0 bridgehead atoms. The Hall–Kier alpha value is -2.03. The van der Waals surface area contributed by atoms with Crippen molar-refractivity contribution in [3.63, 3.8) is 0 Å². The van der Waals surface area contributed by atoms with Gasteiger partial charge in [0.1, 0.15) is 0 Å². The zero-order valence-corrected chi connectivity index (χ0v) is 15.0. The van der Waals surface area contributed by atoms with Crippen LogP contribution in [0.3, 0.4) is 0 Å². The molecule has 0 atom stereocenters. The molecule has 0 aromatic heterocycles. The average molecular weight is 428 g/mol. The predicted molar refractivity (Wildman–Crippen MR) is 97.3 cm³/mol. The number of halogens is 1. The van der Waals surface area contributed by atoms with E-state index in [1.54, 1.807) is 19.2 Å². The van der Waals surface area contributed by atoms with E-state index in [0.29, 0.717) is 18.9 Å². The summed E-state index contributed by atoms with van der Waals surface area (Å²) in [6.07, 6.45) is 0. The van der Waals surface area contributed by atoms with E-state index in [0.717, 1.165) is 20.6 Å². The maximum Gasteiger partial charge on any atom is 0.269 e. The van der Waals surface area contributed by atoms with Crippen molar-refractivity contribution in [1.29, 1.82) is 0 Å². The molecule has 0 amide bonds. The van der Waals surface area contributed by atoms with Crippen LogP contribution in [0.25, 0.3) is 0 Å². The van der Waals surface area contributed by atoms with Crippen molar-refractivity contribution in [2.75, 3.05) is 19.0 Å². The fourth-order valence-electron chi connectivity index (χ4n) is 2.09. The molecule has 0 fully saturated rings. The molecule has 1 N–H and O–H groups in total. The number of anilines is 1. The Morgan fingerprint density at radius 1 is 1.26 bits per heavy atom. The van der Waals surface area contributed by atoms with Gasteiger partial charge in [0.05, 0.1) is 22.2 Å². The van der Waals surface area contributed by atoms with Crippen molar-refractivity contribution in [3.8, 4) is 11.5 Å². The number of hydrogen-bond donors (Lipinski definition) is 1. The Balaban J connectivity index is 2.12. The van der Waals surface area contributed by atoms with Gasteiger partial charge in [0, 0.05) is 24.4 Å². The summed E-state index contributed by atoms with van der Waals surface area (Å²) in [6.45, 7) is 3.07. The molecule has 122 valence electrons. The predicted octanol–water partition coefficient (Wildman–Crippen LogP) is 4.22. The molecule has 7 heteroatoms. The summed E-state index contributed by atoms with van der Waals surface area (Å²) in [7, 11) is 1.62. The van der Waals surface area contributed by atoms with Gasteiger partial charge in [-0.25, -0.2) is 0 Å². The van der Waals surface area contributed by atoms with Crippen LogP contribution in [0, 0.1) is 13.7 Å². The summed E-state index contributed by atoms with van der Waals surface area (Å²) in [4.78, 5) is 10.2. The van der Waals surface area contributed by atoms with Gasteiger partial charge in [-0.15, -0.1) is 0 Å². The summed E-state index contributed by atoms with van der Waals surface area (Å²) in [5.41, 5.74) is 1.93. The monoisotopic (exact) mass is 428 g/mol. The van der Waals surface area contributed by atoms with E-state index in [9.17, 15) is 10.1 Å². The molecule has 2 aromatic carbocycles. The second kappa shape index (κ2) is 8.00.